The highest BCUT2D eigenvalue weighted by atomic mass is 14.9. The first-order valence-electron chi connectivity index (χ1n) is 3.24. The summed E-state index contributed by atoms with van der Waals surface area (Å²) in [6, 6.07) is 0. The molecular formula is C7H6+. The van der Waals surface area contributed by atoms with Gasteiger partial charge in [0.2, 0.25) is 0 Å². The van der Waals surface area contributed by atoms with E-state index in [1.165, 1.54) is 23.7 Å². The zero-order valence-corrected chi connectivity index (χ0v) is 3.96. The number of rotatable bonds is 0. The first kappa shape index (κ1) is 2.43. The first-order chi connectivity index (χ1) is 3.48. The fourth-order valence-corrected chi connectivity index (χ4v) is 3.22. The summed E-state index contributed by atoms with van der Waals surface area (Å²) in [6.07, 6.45) is 3.60. The highest BCUT2D eigenvalue weighted by Crippen LogP contribution is 2.91. The topological polar surface area (TPSA) is 0 Å². The van der Waals surface area contributed by atoms with Crippen LogP contribution in [0.5, 0.6) is 0 Å². The second-order valence-electron chi connectivity index (χ2n) is 3.53. The lowest BCUT2D eigenvalue weighted by Gasteiger charge is -1.98. The maximum atomic E-state index is 3.60. The lowest BCUT2D eigenvalue weighted by atomic mass is 10.0. The second-order valence-corrected chi connectivity index (χ2v) is 3.53. The van der Waals surface area contributed by atoms with Gasteiger partial charge >= 0.3 is 0 Å². The fraction of sp³-hybridized carbons (Fsp3) is 0.857. The van der Waals surface area contributed by atoms with Gasteiger partial charge in [-0.2, -0.15) is 0 Å². The van der Waals surface area contributed by atoms with Crippen molar-refractivity contribution in [1.29, 1.82) is 0 Å². The summed E-state index contributed by atoms with van der Waals surface area (Å²) in [5.74, 6) is 6.90. The lowest BCUT2D eigenvalue weighted by Crippen LogP contribution is -2.00. The quantitative estimate of drug-likeness (QED) is 0.386. The Labute approximate surface area is 42.9 Å². The fourth-order valence-electron chi connectivity index (χ4n) is 3.22. The Bertz CT molecular complexity index is 100. The van der Waals surface area contributed by atoms with E-state index in [-0.39, 0.29) is 0 Å². The predicted molar refractivity (Wildman–Crippen MR) is 24.2 cm³/mol. The van der Waals surface area contributed by atoms with Crippen LogP contribution in [0.1, 0.15) is 0 Å². The Kier molecular flexibility index (Phi) is 0.136. The third-order valence-corrected chi connectivity index (χ3v) is 3.54. The van der Waals surface area contributed by atoms with Crippen LogP contribution in [0.3, 0.4) is 0 Å². The summed E-state index contributed by atoms with van der Waals surface area (Å²) in [5, 5.41) is 0. The molecule has 33 valence electrons. The molecule has 0 N–H and O–H groups in total. The third-order valence-electron chi connectivity index (χ3n) is 3.54. The normalized spacial score (nSPS) is 94.9. The largest absolute Gasteiger partial charge is 0.280 e. The summed E-state index contributed by atoms with van der Waals surface area (Å²) in [6.45, 7) is 0. The van der Waals surface area contributed by atoms with Gasteiger partial charge in [-0.3, -0.25) is 0 Å². The van der Waals surface area contributed by atoms with E-state index in [1.54, 1.807) is 0 Å². The minimum Gasteiger partial charge on any atom is 0.0228 e. The van der Waals surface area contributed by atoms with Gasteiger partial charge in [0.15, 0.2) is 11.8 Å². The lowest BCUT2D eigenvalue weighted by molar-refractivity contribution is 0.434. The molecule has 0 heterocycles. The molecule has 0 atom stereocenters. The molecule has 0 spiro atoms. The highest BCUT2D eigenvalue weighted by molar-refractivity contribution is 5.41. The molecule has 7 heavy (non-hydrogen) atoms. The molecule has 5 fully saturated rings. The SMILES string of the molecule is [C+]1C2C3C2C2C1C32. The van der Waals surface area contributed by atoms with Crippen molar-refractivity contribution in [3.8, 4) is 0 Å². The Morgan fingerprint density at radius 1 is 0.714 bits per heavy atom. The van der Waals surface area contributed by atoms with Gasteiger partial charge in [-0.15, -0.1) is 0 Å². The maximum absolute atomic E-state index is 3.60. The van der Waals surface area contributed by atoms with E-state index in [4.69, 9.17) is 0 Å². The average Bonchev–Trinajstić information content (AvgIpc) is 2.18. The molecule has 5 aliphatic carbocycles. The van der Waals surface area contributed by atoms with Crippen molar-refractivity contribution in [2.24, 2.45) is 35.5 Å². The van der Waals surface area contributed by atoms with E-state index in [2.05, 4.69) is 6.42 Å². The first-order valence-corrected chi connectivity index (χ1v) is 3.24. The van der Waals surface area contributed by atoms with Crippen molar-refractivity contribution in [2.45, 2.75) is 0 Å². The molecule has 5 rings (SSSR count). The molecule has 0 saturated heterocycles. The predicted octanol–water partition coefficient (Wildman–Crippen LogP) is 0.819. The summed E-state index contributed by atoms with van der Waals surface area (Å²) in [5.41, 5.74) is 0. The van der Waals surface area contributed by atoms with Gasteiger partial charge in [-0.25, -0.2) is 0 Å². The van der Waals surface area contributed by atoms with E-state index in [1.807, 2.05) is 0 Å². The second kappa shape index (κ2) is 0.391. The molecular weight excluding hydrogens is 84.1 g/mol. The molecule has 0 heteroatoms. The van der Waals surface area contributed by atoms with Gasteiger partial charge in [-0.1, -0.05) is 0 Å². The molecule has 5 aliphatic rings. The zero-order chi connectivity index (χ0) is 4.17. The third kappa shape index (κ3) is 0.0866. The number of hydrogen-bond donors (Lipinski definition) is 0. The van der Waals surface area contributed by atoms with Crippen molar-refractivity contribution in [3.63, 3.8) is 0 Å². The van der Waals surface area contributed by atoms with Crippen LogP contribution >= 0.6 is 0 Å². The average molecular weight is 90.1 g/mol. The Morgan fingerprint density at radius 3 is 1.29 bits per heavy atom. The molecule has 0 aromatic carbocycles. The Morgan fingerprint density at radius 2 is 1.14 bits per heavy atom. The Balaban J connectivity index is 2.20. The molecule has 0 unspecified atom stereocenters. The van der Waals surface area contributed by atoms with Gasteiger partial charge in [0.1, 0.15) is 0 Å². The van der Waals surface area contributed by atoms with E-state index in [0.717, 1.165) is 11.8 Å². The molecule has 2 bridgehead atoms. The van der Waals surface area contributed by atoms with Crippen molar-refractivity contribution in [2.75, 3.05) is 0 Å². The van der Waals surface area contributed by atoms with Crippen LogP contribution in [-0.2, 0) is 0 Å². The summed E-state index contributed by atoms with van der Waals surface area (Å²) >= 11 is 0. The van der Waals surface area contributed by atoms with E-state index >= 15 is 0 Å². The smallest absolute Gasteiger partial charge is 0.0228 e. The van der Waals surface area contributed by atoms with Crippen molar-refractivity contribution in [3.05, 3.63) is 6.42 Å². The van der Waals surface area contributed by atoms with Gasteiger partial charge in [0.25, 0.3) is 6.42 Å². The van der Waals surface area contributed by atoms with Gasteiger partial charge in [-0.05, 0) is 0 Å². The van der Waals surface area contributed by atoms with Crippen molar-refractivity contribution in [1.82, 2.24) is 0 Å². The molecule has 0 aliphatic heterocycles. The van der Waals surface area contributed by atoms with E-state index < -0.39 is 0 Å². The van der Waals surface area contributed by atoms with E-state index in [9.17, 15) is 0 Å². The zero-order valence-electron chi connectivity index (χ0n) is 3.96. The van der Waals surface area contributed by atoms with Crippen LogP contribution in [-0.4, -0.2) is 0 Å². The van der Waals surface area contributed by atoms with Crippen LogP contribution in [0.4, 0.5) is 0 Å². The van der Waals surface area contributed by atoms with E-state index in [0.29, 0.717) is 0 Å². The van der Waals surface area contributed by atoms with Crippen LogP contribution in [0.2, 0.25) is 0 Å². The molecule has 5 saturated carbocycles. The van der Waals surface area contributed by atoms with Gasteiger partial charge < -0.3 is 0 Å². The minimum absolute atomic E-state index is 1.04. The minimum atomic E-state index is 1.04. The molecule has 0 aromatic rings. The Hall–Kier alpha value is -0.130. The van der Waals surface area contributed by atoms with Crippen LogP contribution < -0.4 is 0 Å². The maximum Gasteiger partial charge on any atom is 0.280 e. The van der Waals surface area contributed by atoms with Crippen LogP contribution in [0.25, 0.3) is 0 Å². The monoisotopic (exact) mass is 90.0 g/mol. The summed E-state index contributed by atoms with van der Waals surface area (Å²) in [7, 11) is 0. The summed E-state index contributed by atoms with van der Waals surface area (Å²) < 4.78 is 0. The molecule has 0 amide bonds. The highest BCUT2D eigenvalue weighted by Gasteiger charge is 2.98. The molecule has 1 radical (unpaired) electrons. The molecule has 0 nitrogen and oxygen atoms in total. The van der Waals surface area contributed by atoms with Gasteiger partial charge in [0, 0.05) is 23.7 Å². The van der Waals surface area contributed by atoms with Crippen LogP contribution in [0.15, 0.2) is 0 Å². The number of hydrogen-bond acceptors (Lipinski definition) is 0. The van der Waals surface area contributed by atoms with Crippen LogP contribution in [0, 0.1) is 41.9 Å². The molecule has 0 aromatic heterocycles. The standard InChI is InChI=1S/C7H6/c1-2-4-5(2)7-3(1)6(4)7/h2-7H/q+1. The summed E-state index contributed by atoms with van der Waals surface area (Å²) in [4.78, 5) is 0. The van der Waals surface area contributed by atoms with Crippen molar-refractivity contribution >= 4 is 0 Å². The van der Waals surface area contributed by atoms with Gasteiger partial charge in [0.05, 0.1) is 0 Å². The van der Waals surface area contributed by atoms with Crippen molar-refractivity contribution < 1.29 is 0 Å².